The molecule has 0 saturated heterocycles. The first-order chi connectivity index (χ1) is 9.56. The quantitative estimate of drug-likeness (QED) is 0.741. The van der Waals surface area contributed by atoms with E-state index in [1.807, 2.05) is 0 Å². The first-order valence-electron chi connectivity index (χ1n) is 7.11. The summed E-state index contributed by atoms with van der Waals surface area (Å²) in [5.74, 6) is 0. The van der Waals surface area contributed by atoms with Crippen molar-refractivity contribution in [1.82, 2.24) is 20.7 Å². The van der Waals surface area contributed by atoms with Gasteiger partial charge in [-0.2, -0.15) is 15.4 Å². The SMILES string of the molecule is CC(C)(C)[Si](C)(C)OC1CC(NC(=O)O)(c2cn[nH]n2)C1. The molecular formula is C13H24N4O3Si. The molecule has 3 N–H and O–H groups in total. The van der Waals surface area contributed by atoms with Gasteiger partial charge in [-0.05, 0) is 18.1 Å². The Bertz CT molecular complexity index is 504. The van der Waals surface area contributed by atoms with Crippen LogP contribution in [0.2, 0.25) is 18.1 Å². The Morgan fingerprint density at radius 2 is 2.14 bits per heavy atom. The highest BCUT2D eigenvalue weighted by Gasteiger charge is 2.52. The van der Waals surface area contributed by atoms with Crippen LogP contribution in [-0.2, 0) is 9.96 Å². The van der Waals surface area contributed by atoms with E-state index in [4.69, 9.17) is 9.53 Å². The third kappa shape index (κ3) is 3.10. The van der Waals surface area contributed by atoms with Gasteiger partial charge in [0.25, 0.3) is 0 Å². The molecule has 1 heterocycles. The highest BCUT2D eigenvalue weighted by molar-refractivity contribution is 6.74. The molecule has 0 unspecified atom stereocenters. The van der Waals surface area contributed by atoms with Gasteiger partial charge in [0.05, 0.1) is 17.8 Å². The Balaban J connectivity index is 2.06. The number of hydrogen-bond acceptors (Lipinski definition) is 4. The van der Waals surface area contributed by atoms with E-state index in [-0.39, 0.29) is 11.1 Å². The first kappa shape index (κ1) is 16.0. The first-order valence-corrected chi connectivity index (χ1v) is 10.0. The zero-order valence-electron chi connectivity index (χ0n) is 13.2. The van der Waals surface area contributed by atoms with Crippen LogP contribution in [0.4, 0.5) is 4.79 Å². The summed E-state index contributed by atoms with van der Waals surface area (Å²) in [5.41, 5.74) is -0.0498. The molecule has 0 aromatic carbocycles. The lowest BCUT2D eigenvalue weighted by Crippen LogP contribution is -2.60. The molecule has 0 spiro atoms. The summed E-state index contributed by atoms with van der Waals surface area (Å²) in [4.78, 5) is 11.1. The molecule has 7 nitrogen and oxygen atoms in total. The zero-order chi connectivity index (χ0) is 15.9. The topological polar surface area (TPSA) is 100 Å². The second kappa shape index (κ2) is 5.10. The Kier molecular flexibility index (Phi) is 3.87. The fourth-order valence-corrected chi connectivity index (χ4v) is 3.76. The third-order valence-corrected chi connectivity index (χ3v) is 9.21. The maximum atomic E-state index is 11.1. The Hall–Kier alpha value is -1.41. The second-order valence-electron chi connectivity index (χ2n) is 7.28. The summed E-state index contributed by atoms with van der Waals surface area (Å²) in [6.45, 7) is 11.0. The van der Waals surface area contributed by atoms with Crippen molar-refractivity contribution in [2.45, 2.75) is 63.4 Å². The van der Waals surface area contributed by atoms with Gasteiger partial charge in [-0.25, -0.2) is 4.79 Å². The number of nitrogens with one attached hydrogen (secondary N) is 2. The molecular weight excluding hydrogens is 288 g/mol. The van der Waals surface area contributed by atoms with Crippen LogP contribution in [0.15, 0.2) is 6.20 Å². The minimum Gasteiger partial charge on any atom is -0.465 e. The van der Waals surface area contributed by atoms with Crippen molar-refractivity contribution in [3.8, 4) is 0 Å². The van der Waals surface area contributed by atoms with Gasteiger partial charge in [0.1, 0.15) is 5.69 Å². The third-order valence-electron chi connectivity index (χ3n) is 4.67. The monoisotopic (exact) mass is 312 g/mol. The van der Waals surface area contributed by atoms with Crippen LogP contribution >= 0.6 is 0 Å². The van der Waals surface area contributed by atoms with Crippen LogP contribution in [0.25, 0.3) is 0 Å². The van der Waals surface area contributed by atoms with Crippen molar-refractivity contribution in [3.63, 3.8) is 0 Å². The molecule has 1 aromatic heterocycles. The van der Waals surface area contributed by atoms with Crippen molar-refractivity contribution < 1.29 is 14.3 Å². The number of aromatic nitrogens is 3. The fraction of sp³-hybridized carbons (Fsp3) is 0.769. The summed E-state index contributed by atoms with van der Waals surface area (Å²) in [6.07, 6.45) is 1.77. The number of rotatable bonds is 4. The minimum atomic E-state index is -1.84. The number of H-pyrrole nitrogens is 1. The molecule has 118 valence electrons. The Morgan fingerprint density at radius 1 is 1.52 bits per heavy atom. The largest absolute Gasteiger partial charge is 0.465 e. The van der Waals surface area contributed by atoms with Gasteiger partial charge < -0.3 is 14.8 Å². The zero-order valence-corrected chi connectivity index (χ0v) is 14.2. The molecule has 1 aromatic rings. The van der Waals surface area contributed by atoms with Crippen LogP contribution in [-0.4, -0.2) is 41.0 Å². The summed E-state index contributed by atoms with van der Waals surface area (Å²) in [5, 5.41) is 22.1. The van der Waals surface area contributed by atoms with Crippen LogP contribution in [0.5, 0.6) is 0 Å². The lowest BCUT2D eigenvalue weighted by molar-refractivity contribution is 0.00802. The van der Waals surface area contributed by atoms with Crippen molar-refractivity contribution >= 4 is 14.4 Å². The van der Waals surface area contributed by atoms with Gasteiger partial charge in [0.15, 0.2) is 8.32 Å². The highest BCUT2D eigenvalue weighted by Crippen LogP contribution is 2.46. The number of aromatic amines is 1. The predicted molar refractivity (Wildman–Crippen MR) is 80.5 cm³/mol. The van der Waals surface area contributed by atoms with Crippen LogP contribution < -0.4 is 5.32 Å². The van der Waals surface area contributed by atoms with Crippen LogP contribution in [0.3, 0.4) is 0 Å². The van der Waals surface area contributed by atoms with Gasteiger partial charge in [-0.15, -0.1) is 0 Å². The highest BCUT2D eigenvalue weighted by atomic mass is 28.4. The van der Waals surface area contributed by atoms with Crippen molar-refractivity contribution in [3.05, 3.63) is 11.9 Å². The number of nitrogens with zero attached hydrogens (tertiary/aromatic N) is 2. The van der Waals surface area contributed by atoms with Gasteiger partial charge in [0.2, 0.25) is 0 Å². The number of amides is 1. The number of carboxylic acid groups (broad SMARTS) is 1. The Morgan fingerprint density at radius 3 is 2.57 bits per heavy atom. The molecule has 1 aliphatic rings. The van der Waals surface area contributed by atoms with Gasteiger partial charge >= 0.3 is 6.09 Å². The second-order valence-corrected chi connectivity index (χ2v) is 12.0. The van der Waals surface area contributed by atoms with Gasteiger partial charge in [0, 0.05) is 12.8 Å². The van der Waals surface area contributed by atoms with E-state index in [9.17, 15) is 4.79 Å². The molecule has 8 heteroatoms. The standard InChI is InChI=1S/C13H24N4O3Si/c1-12(2,3)21(4,5)20-9-6-13(7-9,15-11(18)19)10-8-14-17-16-10/h8-9,15H,6-7H2,1-5H3,(H,18,19)(H,14,16,17). The lowest BCUT2D eigenvalue weighted by atomic mass is 9.72. The van der Waals surface area contributed by atoms with Crippen molar-refractivity contribution in [2.75, 3.05) is 0 Å². The number of hydrogen-bond donors (Lipinski definition) is 3. The normalized spacial score (nSPS) is 26.2. The summed E-state index contributed by atoms with van der Waals surface area (Å²) in [7, 11) is -1.84. The Labute approximate surface area is 125 Å². The summed E-state index contributed by atoms with van der Waals surface area (Å²) >= 11 is 0. The van der Waals surface area contributed by atoms with Crippen LogP contribution in [0.1, 0.15) is 39.3 Å². The average molecular weight is 312 g/mol. The maximum absolute atomic E-state index is 11.1. The molecule has 0 aliphatic heterocycles. The average Bonchev–Trinajstić information content (AvgIpc) is 2.76. The molecule has 1 saturated carbocycles. The van der Waals surface area contributed by atoms with E-state index in [1.54, 1.807) is 6.20 Å². The van der Waals surface area contributed by atoms with E-state index < -0.39 is 19.9 Å². The van der Waals surface area contributed by atoms with E-state index in [0.29, 0.717) is 18.5 Å². The molecule has 21 heavy (non-hydrogen) atoms. The predicted octanol–water partition coefficient (Wildman–Crippen LogP) is 2.45. The lowest BCUT2D eigenvalue weighted by Gasteiger charge is -2.50. The van der Waals surface area contributed by atoms with Gasteiger partial charge in [-0.3, -0.25) is 0 Å². The van der Waals surface area contributed by atoms with Crippen molar-refractivity contribution in [2.24, 2.45) is 0 Å². The number of carbonyl (C=O) groups is 1. The minimum absolute atomic E-state index is 0.0643. The van der Waals surface area contributed by atoms with Crippen molar-refractivity contribution in [1.29, 1.82) is 0 Å². The molecule has 1 amide bonds. The molecule has 2 rings (SSSR count). The molecule has 1 fully saturated rings. The molecule has 0 atom stereocenters. The fourth-order valence-electron chi connectivity index (χ4n) is 2.41. The molecule has 0 bridgehead atoms. The van der Waals surface area contributed by atoms with E-state index >= 15 is 0 Å². The van der Waals surface area contributed by atoms with E-state index in [0.717, 1.165) is 0 Å². The van der Waals surface area contributed by atoms with Gasteiger partial charge in [-0.1, -0.05) is 20.8 Å². The maximum Gasteiger partial charge on any atom is 0.405 e. The summed E-state index contributed by atoms with van der Waals surface area (Å²) < 4.78 is 6.32. The molecule has 1 aliphatic carbocycles. The molecule has 0 radical (unpaired) electrons. The summed E-state index contributed by atoms with van der Waals surface area (Å²) in [6, 6.07) is 0. The smallest absolute Gasteiger partial charge is 0.405 e. The van der Waals surface area contributed by atoms with E-state index in [2.05, 4.69) is 54.6 Å². The van der Waals surface area contributed by atoms with Crippen LogP contribution in [0, 0.1) is 0 Å². The van der Waals surface area contributed by atoms with E-state index in [1.165, 1.54) is 0 Å².